The monoisotopic (exact) mass is 364 g/mol. The van der Waals surface area contributed by atoms with Gasteiger partial charge in [0.25, 0.3) is 5.91 Å². The Morgan fingerprint density at radius 3 is 2.32 bits per heavy atom. The highest BCUT2D eigenvalue weighted by Crippen LogP contribution is 2.41. The van der Waals surface area contributed by atoms with Crippen LogP contribution in [0.5, 0.6) is 0 Å². The fourth-order valence-corrected chi connectivity index (χ4v) is 3.40. The number of ketones is 1. The maximum absolute atomic E-state index is 13.2. The maximum Gasteiger partial charge on any atom is 0.254 e. The zero-order valence-electron chi connectivity index (χ0n) is 15.2. The summed E-state index contributed by atoms with van der Waals surface area (Å²) in [4.78, 5) is 39.9. The Labute approximate surface area is 153 Å². The number of amides is 2. The predicted molar refractivity (Wildman–Crippen MR) is 97.6 cm³/mol. The first-order valence-electron chi connectivity index (χ1n) is 8.56. The molecule has 0 aromatic heterocycles. The van der Waals surface area contributed by atoms with Gasteiger partial charge in [0.2, 0.25) is 5.91 Å². The van der Waals surface area contributed by atoms with E-state index in [9.17, 15) is 14.4 Å². The van der Waals surface area contributed by atoms with Crippen molar-refractivity contribution < 1.29 is 14.4 Å². The van der Waals surface area contributed by atoms with E-state index in [0.29, 0.717) is 17.1 Å². The highest BCUT2D eigenvalue weighted by atomic mass is 35.5. The Balaban J connectivity index is 2.42. The second-order valence-corrected chi connectivity index (χ2v) is 7.82. The first-order valence-corrected chi connectivity index (χ1v) is 8.94. The third kappa shape index (κ3) is 3.56. The molecule has 1 fully saturated rings. The van der Waals surface area contributed by atoms with E-state index in [1.165, 1.54) is 4.90 Å². The second kappa shape index (κ2) is 7.16. The molecule has 1 aliphatic rings. The average molecular weight is 365 g/mol. The summed E-state index contributed by atoms with van der Waals surface area (Å²) in [5, 5.41) is 3.34. The fraction of sp³-hybridized carbons (Fsp3) is 0.526. The lowest BCUT2D eigenvalue weighted by atomic mass is 9.73. The molecule has 136 valence electrons. The van der Waals surface area contributed by atoms with Crippen LogP contribution in [0.2, 0.25) is 5.02 Å². The number of Topliss-reactive ketones (excluding diaryl/α,β-unsaturated/α-hetero) is 1. The van der Waals surface area contributed by atoms with Gasteiger partial charge in [-0.1, -0.05) is 24.9 Å². The fourth-order valence-electron chi connectivity index (χ4n) is 3.28. The molecule has 0 radical (unpaired) electrons. The van der Waals surface area contributed by atoms with Gasteiger partial charge in [-0.2, -0.15) is 0 Å². The largest absolute Gasteiger partial charge is 0.354 e. The van der Waals surface area contributed by atoms with Gasteiger partial charge >= 0.3 is 0 Å². The summed E-state index contributed by atoms with van der Waals surface area (Å²) in [5.74, 6) is -0.969. The molecular weight excluding hydrogens is 340 g/mol. The number of hydrogen-bond donors (Lipinski definition) is 1. The summed E-state index contributed by atoms with van der Waals surface area (Å²) in [6, 6.07) is 6.41. The van der Waals surface area contributed by atoms with Crippen LogP contribution in [-0.2, 0) is 9.59 Å². The second-order valence-electron chi connectivity index (χ2n) is 7.38. The topological polar surface area (TPSA) is 66.5 Å². The molecule has 2 rings (SSSR count). The number of unbranched alkanes of at least 4 members (excludes halogenated alkanes) is 1. The molecule has 1 heterocycles. The lowest BCUT2D eigenvalue weighted by Gasteiger charge is -2.55. The van der Waals surface area contributed by atoms with Gasteiger partial charge in [-0.15, -0.1) is 0 Å². The van der Waals surface area contributed by atoms with Crippen LogP contribution in [0.15, 0.2) is 24.3 Å². The summed E-state index contributed by atoms with van der Waals surface area (Å²) in [6.07, 6.45) is 1.64. The summed E-state index contributed by atoms with van der Waals surface area (Å²) in [6.45, 7) is 7.99. The van der Waals surface area contributed by atoms with Crippen molar-refractivity contribution in [1.29, 1.82) is 0 Å². The Morgan fingerprint density at radius 1 is 1.24 bits per heavy atom. The van der Waals surface area contributed by atoms with Crippen LogP contribution in [0.4, 0.5) is 0 Å². The van der Waals surface area contributed by atoms with Crippen molar-refractivity contribution in [1.82, 2.24) is 10.2 Å². The van der Waals surface area contributed by atoms with Crippen molar-refractivity contribution in [2.75, 3.05) is 6.54 Å². The molecule has 5 nitrogen and oxygen atoms in total. The van der Waals surface area contributed by atoms with E-state index in [2.05, 4.69) is 5.32 Å². The molecular formula is C19H25ClN2O3. The molecule has 0 spiro atoms. The highest BCUT2D eigenvalue weighted by molar-refractivity contribution is 6.31. The van der Waals surface area contributed by atoms with Crippen molar-refractivity contribution in [3.05, 3.63) is 34.9 Å². The van der Waals surface area contributed by atoms with Crippen molar-refractivity contribution in [3.63, 3.8) is 0 Å². The van der Waals surface area contributed by atoms with E-state index in [4.69, 9.17) is 11.6 Å². The van der Waals surface area contributed by atoms with Gasteiger partial charge in [-0.3, -0.25) is 14.4 Å². The molecule has 0 bridgehead atoms. The van der Waals surface area contributed by atoms with E-state index in [1.54, 1.807) is 24.3 Å². The Bertz CT molecular complexity index is 679. The summed E-state index contributed by atoms with van der Waals surface area (Å²) in [5.41, 5.74) is -1.76. The lowest BCUT2D eigenvalue weighted by Crippen LogP contribution is -2.78. The molecule has 1 saturated heterocycles. The van der Waals surface area contributed by atoms with Crippen LogP contribution >= 0.6 is 11.6 Å². The number of benzene rings is 1. The number of carbonyl (C=O) groups excluding carboxylic acids is 3. The number of likely N-dealkylation sites (tertiary alicyclic amines) is 1. The Hall–Kier alpha value is -1.88. The molecule has 1 aliphatic heterocycles. The number of nitrogens with zero attached hydrogens (tertiary/aromatic N) is 1. The van der Waals surface area contributed by atoms with Crippen LogP contribution in [0.3, 0.4) is 0 Å². The van der Waals surface area contributed by atoms with Crippen LogP contribution < -0.4 is 5.32 Å². The van der Waals surface area contributed by atoms with E-state index in [-0.39, 0.29) is 18.1 Å². The average Bonchev–Trinajstić information content (AvgIpc) is 2.50. The number of hydrogen-bond acceptors (Lipinski definition) is 3. The molecule has 25 heavy (non-hydrogen) atoms. The van der Waals surface area contributed by atoms with Crippen LogP contribution in [-0.4, -0.2) is 40.1 Å². The zero-order chi connectivity index (χ0) is 18.8. The number of β-lactam (4-membered cyclic amide) rings is 1. The van der Waals surface area contributed by atoms with Crippen LogP contribution in [0.25, 0.3) is 0 Å². The minimum atomic E-state index is -1.49. The molecule has 1 N–H and O–H groups in total. The number of nitrogens with one attached hydrogen (secondary N) is 1. The van der Waals surface area contributed by atoms with Gasteiger partial charge in [-0.25, -0.2) is 0 Å². The van der Waals surface area contributed by atoms with Gasteiger partial charge < -0.3 is 10.2 Å². The molecule has 1 unspecified atom stereocenters. The maximum atomic E-state index is 13.2. The third-order valence-corrected chi connectivity index (χ3v) is 4.63. The summed E-state index contributed by atoms with van der Waals surface area (Å²) in [7, 11) is 0. The Kier molecular flexibility index (Phi) is 5.57. The third-order valence-electron chi connectivity index (χ3n) is 4.38. The van der Waals surface area contributed by atoms with Gasteiger partial charge in [0.05, 0.1) is 6.42 Å². The van der Waals surface area contributed by atoms with Gasteiger partial charge in [0, 0.05) is 22.7 Å². The molecule has 2 amide bonds. The van der Waals surface area contributed by atoms with E-state index in [0.717, 1.165) is 12.8 Å². The molecule has 1 aromatic carbocycles. The molecule has 1 atom stereocenters. The van der Waals surface area contributed by atoms with E-state index in [1.807, 2.05) is 27.7 Å². The molecule has 0 aliphatic carbocycles. The van der Waals surface area contributed by atoms with Gasteiger partial charge in [-0.05, 0) is 51.5 Å². The normalized spacial score (nSPS) is 20.2. The van der Waals surface area contributed by atoms with E-state index < -0.39 is 17.0 Å². The minimum Gasteiger partial charge on any atom is -0.354 e. The first kappa shape index (κ1) is 19.4. The SMILES string of the molecule is CCCCNC(=O)C1(C(=O)c2ccc(Cl)cc2)CC(=O)N1C(C)(C)C. The number of halogens is 1. The van der Waals surface area contributed by atoms with E-state index >= 15 is 0 Å². The number of carbonyl (C=O) groups is 3. The minimum absolute atomic E-state index is 0.107. The van der Waals surface area contributed by atoms with Gasteiger partial charge in [0.15, 0.2) is 11.3 Å². The quantitative estimate of drug-likeness (QED) is 0.365. The zero-order valence-corrected chi connectivity index (χ0v) is 15.9. The standard InChI is InChI=1S/C19H25ClN2O3/c1-5-6-11-21-17(25)19(12-15(23)22(19)18(2,3)4)16(24)13-7-9-14(20)10-8-13/h7-10H,5-6,11-12H2,1-4H3,(H,21,25). The van der Waals surface area contributed by atoms with Gasteiger partial charge in [0.1, 0.15) is 0 Å². The molecule has 0 saturated carbocycles. The highest BCUT2D eigenvalue weighted by Gasteiger charge is 2.64. The first-order chi connectivity index (χ1) is 11.6. The smallest absolute Gasteiger partial charge is 0.254 e. The van der Waals surface area contributed by atoms with Crippen molar-refractivity contribution in [2.24, 2.45) is 0 Å². The van der Waals surface area contributed by atoms with Crippen LogP contribution in [0.1, 0.15) is 57.3 Å². The molecule has 6 heteroatoms. The lowest BCUT2D eigenvalue weighted by molar-refractivity contribution is -0.170. The summed E-state index contributed by atoms with van der Waals surface area (Å²) >= 11 is 5.89. The van der Waals surface area contributed by atoms with Crippen molar-refractivity contribution >= 4 is 29.2 Å². The Morgan fingerprint density at radius 2 is 1.84 bits per heavy atom. The predicted octanol–water partition coefficient (Wildman–Crippen LogP) is 3.21. The number of rotatable bonds is 6. The summed E-state index contributed by atoms with van der Waals surface area (Å²) < 4.78 is 0. The van der Waals surface area contributed by atoms with Crippen LogP contribution in [0, 0.1) is 0 Å². The van der Waals surface area contributed by atoms with Crippen molar-refractivity contribution in [2.45, 2.75) is 58.0 Å². The van der Waals surface area contributed by atoms with Crippen molar-refractivity contribution in [3.8, 4) is 0 Å². The molecule has 1 aromatic rings.